The molecule has 1 aromatic rings. The number of amides is 1. The smallest absolute Gasteiger partial charge is 0.410 e. The quantitative estimate of drug-likeness (QED) is 0.708. The third kappa shape index (κ3) is 9.92. The van der Waals surface area contributed by atoms with Crippen LogP contribution in [0.2, 0.25) is 0 Å². The molecular weight excluding hydrogens is 294 g/mol. The Bertz CT molecular complexity index is 468. The van der Waals surface area contributed by atoms with E-state index < -0.39 is 6.09 Å². The second-order valence-corrected chi connectivity index (χ2v) is 6.63. The van der Waals surface area contributed by atoms with E-state index in [1.165, 1.54) is 5.56 Å². The zero-order chi connectivity index (χ0) is 17.1. The van der Waals surface area contributed by atoms with E-state index >= 15 is 0 Å². The molecule has 130 valence electrons. The Labute approximate surface area is 139 Å². The highest BCUT2D eigenvalue weighted by Crippen LogP contribution is 2.23. The average molecular weight is 323 g/mol. The summed E-state index contributed by atoms with van der Waals surface area (Å²) in [4.78, 5) is 11.7. The number of carbonyl (C=O) groups excluding carboxylic acids is 1. The van der Waals surface area contributed by atoms with Crippen LogP contribution >= 0.6 is 0 Å². The first-order chi connectivity index (χ1) is 10.9. The Balaban J connectivity index is 2.31. The van der Waals surface area contributed by atoms with Crippen molar-refractivity contribution in [1.29, 1.82) is 0 Å². The fourth-order valence-corrected chi connectivity index (χ4v) is 1.90. The molecule has 0 aromatic heterocycles. The summed E-state index contributed by atoms with van der Waals surface area (Å²) >= 11 is 0. The molecular formula is C18H29NO4. The van der Waals surface area contributed by atoms with Crippen LogP contribution in [0.5, 0.6) is 5.75 Å². The number of hydrogen-bond donors (Lipinski definition) is 1. The van der Waals surface area contributed by atoms with E-state index in [0.717, 1.165) is 12.8 Å². The third-order valence-corrected chi connectivity index (χ3v) is 3.22. The van der Waals surface area contributed by atoms with Gasteiger partial charge < -0.3 is 19.5 Å². The lowest BCUT2D eigenvalue weighted by molar-refractivity contribution is 0.0719. The topological polar surface area (TPSA) is 56.8 Å². The highest BCUT2D eigenvalue weighted by molar-refractivity contribution is 5.70. The molecule has 0 atom stereocenters. The highest BCUT2D eigenvalue weighted by atomic mass is 16.6. The van der Waals surface area contributed by atoms with Crippen molar-refractivity contribution in [2.24, 2.45) is 5.41 Å². The summed E-state index contributed by atoms with van der Waals surface area (Å²) in [5.74, 6) is 0.564. The van der Waals surface area contributed by atoms with Gasteiger partial charge in [-0.2, -0.15) is 0 Å². The number of benzene rings is 1. The van der Waals surface area contributed by atoms with Gasteiger partial charge in [-0.15, -0.1) is 0 Å². The van der Waals surface area contributed by atoms with E-state index in [2.05, 4.69) is 32.2 Å². The van der Waals surface area contributed by atoms with E-state index in [1.807, 2.05) is 12.1 Å². The van der Waals surface area contributed by atoms with Crippen molar-refractivity contribution >= 4 is 6.09 Å². The maximum atomic E-state index is 11.7. The van der Waals surface area contributed by atoms with Crippen molar-refractivity contribution < 1.29 is 19.0 Å². The monoisotopic (exact) mass is 323 g/mol. The molecule has 0 bridgehead atoms. The molecule has 1 aromatic carbocycles. The molecule has 0 heterocycles. The van der Waals surface area contributed by atoms with E-state index in [0.29, 0.717) is 32.1 Å². The van der Waals surface area contributed by atoms with Crippen LogP contribution in [0.15, 0.2) is 24.3 Å². The number of nitrogens with one attached hydrogen (secondary N) is 1. The molecule has 0 aliphatic heterocycles. The largest absolute Gasteiger partial charge is 0.412 e. The summed E-state index contributed by atoms with van der Waals surface area (Å²) in [6, 6.07) is 7.67. The molecule has 0 saturated heterocycles. The van der Waals surface area contributed by atoms with Gasteiger partial charge in [-0.25, -0.2) is 4.79 Å². The molecule has 5 heteroatoms. The van der Waals surface area contributed by atoms with Crippen LogP contribution in [0.25, 0.3) is 0 Å². The molecule has 0 saturated carbocycles. The van der Waals surface area contributed by atoms with Crippen molar-refractivity contribution in [2.75, 3.05) is 33.5 Å². The molecule has 5 nitrogen and oxygen atoms in total. The second-order valence-electron chi connectivity index (χ2n) is 6.63. The molecule has 0 fully saturated rings. The fourth-order valence-electron chi connectivity index (χ4n) is 1.90. The molecule has 0 aliphatic carbocycles. The standard InChI is InChI=1S/C18H29NO4/c1-18(2,3)9-8-15-6-5-7-16(14-15)23-17(20)19-10-11-22-13-12-21-4/h5-7,14H,8-13H2,1-4H3,(H,19,20). The summed E-state index contributed by atoms with van der Waals surface area (Å²) in [5, 5.41) is 2.66. The Kier molecular flexibility index (Phi) is 8.66. The van der Waals surface area contributed by atoms with Crippen molar-refractivity contribution in [2.45, 2.75) is 33.6 Å². The maximum Gasteiger partial charge on any atom is 0.412 e. The average Bonchev–Trinajstić information content (AvgIpc) is 2.48. The van der Waals surface area contributed by atoms with Crippen LogP contribution in [0, 0.1) is 5.41 Å². The predicted molar refractivity (Wildman–Crippen MR) is 90.9 cm³/mol. The summed E-state index contributed by atoms with van der Waals surface area (Å²) < 4.78 is 15.4. The molecule has 23 heavy (non-hydrogen) atoms. The van der Waals surface area contributed by atoms with Crippen LogP contribution in [-0.2, 0) is 15.9 Å². The number of carbonyl (C=O) groups is 1. The Morgan fingerprint density at radius 1 is 1.17 bits per heavy atom. The summed E-state index contributed by atoms with van der Waals surface area (Å²) in [5.41, 5.74) is 1.46. The number of aryl methyl sites for hydroxylation is 1. The van der Waals surface area contributed by atoms with Gasteiger partial charge in [0.1, 0.15) is 5.75 Å². The molecule has 0 aliphatic rings. The van der Waals surface area contributed by atoms with E-state index in [4.69, 9.17) is 14.2 Å². The maximum absolute atomic E-state index is 11.7. The number of rotatable bonds is 9. The van der Waals surface area contributed by atoms with Gasteiger partial charge in [-0.3, -0.25) is 0 Å². The second kappa shape index (κ2) is 10.2. The van der Waals surface area contributed by atoms with Gasteiger partial charge in [-0.1, -0.05) is 32.9 Å². The molecule has 1 amide bonds. The van der Waals surface area contributed by atoms with E-state index in [9.17, 15) is 4.79 Å². The van der Waals surface area contributed by atoms with Crippen molar-refractivity contribution in [3.05, 3.63) is 29.8 Å². The Hall–Kier alpha value is -1.59. The first-order valence-corrected chi connectivity index (χ1v) is 8.02. The molecule has 0 radical (unpaired) electrons. The number of methoxy groups -OCH3 is 1. The molecule has 1 N–H and O–H groups in total. The van der Waals surface area contributed by atoms with E-state index in [1.54, 1.807) is 13.2 Å². The molecule has 1 rings (SSSR count). The van der Waals surface area contributed by atoms with Crippen molar-refractivity contribution in [3.8, 4) is 5.75 Å². The lowest BCUT2D eigenvalue weighted by Crippen LogP contribution is -2.30. The van der Waals surface area contributed by atoms with Crippen LogP contribution in [0.1, 0.15) is 32.8 Å². The zero-order valence-electron chi connectivity index (χ0n) is 14.7. The van der Waals surface area contributed by atoms with Gasteiger partial charge in [0, 0.05) is 13.7 Å². The minimum atomic E-state index is -0.465. The molecule has 0 unspecified atom stereocenters. The normalized spacial score (nSPS) is 11.3. The predicted octanol–water partition coefficient (Wildman–Crippen LogP) is 3.42. The van der Waals surface area contributed by atoms with Crippen molar-refractivity contribution in [3.63, 3.8) is 0 Å². The van der Waals surface area contributed by atoms with Gasteiger partial charge in [0.25, 0.3) is 0 Å². The summed E-state index contributed by atoms with van der Waals surface area (Å²) in [7, 11) is 1.62. The number of ether oxygens (including phenoxy) is 3. The van der Waals surface area contributed by atoms with Gasteiger partial charge in [-0.05, 0) is 36.0 Å². The first kappa shape index (κ1) is 19.5. The zero-order valence-corrected chi connectivity index (χ0v) is 14.7. The van der Waals surface area contributed by atoms with Gasteiger partial charge in [0.05, 0.1) is 19.8 Å². The molecule has 0 spiro atoms. The minimum Gasteiger partial charge on any atom is -0.410 e. The van der Waals surface area contributed by atoms with Gasteiger partial charge in [0.2, 0.25) is 0 Å². The van der Waals surface area contributed by atoms with Crippen LogP contribution in [0.4, 0.5) is 4.79 Å². The number of hydrogen-bond acceptors (Lipinski definition) is 4. The third-order valence-electron chi connectivity index (χ3n) is 3.22. The van der Waals surface area contributed by atoms with Gasteiger partial charge in [0.15, 0.2) is 0 Å². The van der Waals surface area contributed by atoms with Crippen LogP contribution in [-0.4, -0.2) is 39.6 Å². The van der Waals surface area contributed by atoms with Crippen LogP contribution < -0.4 is 10.1 Å². The van der Waals surface area contributed by atoms with Crippen molar-refractivity contribution in [1.82, 2.24) is 5.32 Å². The lowest BCUT2D eigenvalue weighted by atomic mass is 9.89. The minimum absolute atomic E-state index is 0.289. The lowest BCUT2D eigenvalue weighted by Gasteiger charge is -2.17. The Morgan fingerprint density at radius 3 is 2.65 bits per heavy atom. The van der Waals surface area contributed by atoms with Crippen LogP contribution in [0.3, 0.4) is 0 Å². The van der Waals surface area contributed by atoms with Gasteiger partial charge >= 0.3 is 6.09 Å². The highest BCUT2D eigenvalue weighted by Gasteiger charge is 2.11. The fraction of sp³-hybridized carbons (Fsp3) is 0.611. The SMILES string of the molecule is COCCOCCNC(=O)Oc1cccc(CCC(C)(C)C)c1. The Morgan fingerprint density at radius 2 is 1.96 bits per heavy atom. The summed E-state index contributed by atoms with van der Waals surface area (Å²) in [6.45, 7) is 8.56. The first-order valence-electron chi connectivity index (χ1n) is 8.02. The van der Waals surface area contributed by atoms with E-state index in [-0.39, 0.29) is 5.41 Å². The summed E-state index contributed by atoms with van der Waals surface area (Å²) in [6.07, 6.45) is 1.59.